The maximum Gasteiger partial charge on any atom is 0.205 e. The van der Waals surface area contributed by atoms with Gasteiger partial charge >= 0.3 is 0 Å². The minimum atomic E-state index is 0.257. The van der Waals surface area contributed by atoms with E-state index in [1.807, 2.05) is 18.4 Å². The van der Waals surface area contributed by atoms with Gasteiger partial charge in [0.05, 0.1) is 6.20 Å². The fourth-order valence-corrected chi connectivity index (χ4v) is 1.64. The van der Waals surface area contributed by atoms with Gasteiger partial charge in [-0.15, -0.1) is 0 Å². The van der Waals surface area contributed by atoms with Crippen LogP contribution < -0.4 is 0 Å². The Kier molecular flexibility index (Phi) is 1.92. The van der Waals surface area contributed by atoms with Gasteiger partial charge in [0.25, 0.3) is 0 Å². The molecular weight excluding hydrogens is 188 g/mol. The average molecular weight is 197 g/mol. The zero-order valence-electron chi connectivity index (χ0n) is 7.40. The molecule has 0 saturated heterocycles. The molecule has 0 atom stereocenters. The molecule has 0 radical (unpaired) electrons. The summed E-state index contributed by atoms with van der Waals surface area (Å²) < 4.78 is 1.87. The molecule has 0 aliphatic heterocycles. The van der Waals surface area contributed by atoms with Crippen molar-refractivity contribution in [1.29, 1.82) is 0 Å². The van der Waals surface area contributed by atoms with E-state index in [1.54, 1.807) is 6.20 Å². The van der Waals surface area contributed by atoms with Crippen LogP contribution in [0.1, 0.15) is 19.9 Å². The van der Waals surface area contributed by atoms with Crippen molar-refractivity contribution in [3.05, 3.63) is 17.8 Å². The number of halogens is 1. The molecule has 68 valence electrons. The van der Waals surface area contributed by atoms with E-state index in [0.29, 0.717) is 5.28 Å². The lowest BCUT2D eigenvalue weighted by molar-refractivity contribution is 0.613. The molecule has 0 amide bonds. The monoisotopic (exact) mass is 196 g/mol. The third-order valence-corrected chi connectivity index (χ3v) is 2.10. The second-order valence-corrected chi connectivity index (χ2v) is 3.41. The quantitative estimate of drug-likeness (QED) is 0.656. The standard InChI is InChI=1S/C8H9ClN4/c1-5(2)13-7-6(12-8(13)9)3-10-4-11-7/h3-5H,1-2H3. The van der Waals surface area contributed by atoms with Crippen LogP contribution in [0.4, 0.5) is 0 Å². The molecule has 0 aliphatic rings. The first kappa shape index (κ1) is 8.44. The fraction of sp³-hybridized carbons (Fsp3) is 0.375. The minimum absolute atomic E-state index is 0.257. The van der Waals surface area contributed by atoms with Gasteiger partial charge in [-0.2, -0.15) is 0 Å². The highest BCUT2D eigenvalue weighted by molar-refractivity contribution is 6.29. The maximum atomic E-state index is 5.95. The van der Waals surface area contributed by atoms with Gasteiger partial charge in [0.15, 0.2) is 5.65 Å². The number of fused-ring (bicyclic) bond motifs is 1. The topological polar surface area (TPSA) is 43.6 Å². The first-order valence-corrected chi connectivity index (χ1v) is 4.41. The van der Waals surface area contributed by atoms with Crippen LogP contribution >= 0.6 is 11.6 Å². The zero-order chi connectivity index (χ0) is 9.42. The molecule has 13 heavy (non-hydrogen) atoms. The van der Waals surface area contributed by atoms with Gasteiger partial charge in [0.2, 0.25) is 5.28 Å². The zero-order valence-corrected chi connectivity index (χ0v) is 8.15. The van der Waals surface area contributed by atoms with Crippen molar-refractivity contribution in [3.8, 4) is 0 Å². The molecule has 0 N–H and O–H groups in total. The molecule has 2 aromatic heterocycles. The third-order valence-electron chi connectivity index (χ3n) is 1.83. The number of nitrogens with zero attached hydrogens (tertiary/aromatic N) is 4. The van der Waals surface area contributed by atoms with E-state index in [2.05, 4.69) is 15.0 Å². The van der Waals surface area contributed by atoms with Crippen molar-refractivity contribution >= 4 is 22.8 Å². The van der Waals surface area contributed by atoms with E-state index < -0.39 is 0 Å². The lowest BCUT2D eigenvalue weighted by Crippen LogP contribution is -2.01. The van der Waals surface area contributed by atoms with Crippen molar-refractivity contribution in [3.63, 3.8) is 0 Å². The highest BCUT2D eigenvalue weighted by Gasteiger charge is 2.11. The summed E-state index contributed by atoms with van der Waals surface area (Å²) in [6.07, 6.45) is 3.16. The molecule has 0 aliphatic carbocycles. The Morgan fingerprint density at radius 3 is 2.92 bits per heavy atom. The number of hydrogen-bond donors (Lipinski definition) is 0. The first-order valence-electron chi connectivity index (χ1n) is 4.03. The lowest BCUT2D eigenvalue weighted by Gasteiger charge is -2.07. The highest BCUT2D eigenvalue weighted by atomic mass is 35.5. The predicted octanol–water partition coefficient (Wildman–Crippen LogP) is 2.06. The molecule has 2 rings (SSSR count). The molecule has 2 heterocycles. The Balaban J connectivity index is 2.78. The predicted molar refractivity (Wildman–Crippen MR) is 50.7 cm³/mol. The van der Waals surface area contributed by atoms with E-state index in [0.717, 1.165) is 11.2 Å². The van der Waals surface area contributed by atoms with Gasteiger partial charge in [-0.1, -0.05) is 0 Å². The van der Waals surface area contributed by atoms with Crippen LogP contribution in [0, 0.1) is 0 Å². The Labute approximate surface area is 80.6 Å². The summed E-state index contributed by atoms with van der Waals surface area (Å²) in [6, 6.07) is 0.257. The molecule has 4 nitrogen and oxygen atoms in total. The van der Waals surface area contributed by atoms with E-state index in [1.165, 1.54) is 6.33 Å². The fourth-order valence-electron chi connectivity index (χ4n) is 1.28. The summed E-state index contributed by atoms with van der Waals surface area (Å²) in [5.74, 6) is 0. The second kappa shape index (κ2) is 2.96. The molecule has 0 fully saturated rings. The van der Waals surface area contributed by atoms with Gasteiger partial charge in [-0.3, -0.25) is 4.57 Å². The van der Waals surface area contributed by atoms with Gasteiger partial charge in [0.1, 0.15) is 11.8 Å². The number of aromatic nitrogens is 4. The van der Waals surface area contributed by atoms with E-state index in [9.17, 15) is 0 Å². The molecule has 0 bridgehead atoms. The van der Waals surface area contributed by atoms with Crippen LogP contribution in [-0.4, -0.2) is 19.5 Å². The minimum Gasteiger partial charge on any atom is -0.297 e. The summed E-state index contributed by atoms with van der Waals surface area (Å²) in [6.45, 7) is 4.07. The maximum absolute atomic E-state index is 5.95. The largest absolute Gasteiger partial charge is 0.297 e. The smallest absolute Gasteiger partial charge is 0.205 e. The van der Waals surface area contributed by atoms with Crippen molar-refractivity contribution in [2.24, 2.45) is 0 Å². The van der Waals surface area contributed by atoms with Gasteiger partial charge in [0, 0.05) is 6.04 Å². The van der Waals surface area contributed by atoms with Crippen molar-refractivity contribution in [2.45, 2.75) is 19.9 Å². The summed E-state index contributed by atoms with van der Waals surface area (Å²) in [4.78, 5) is 12.1. The molecule has 0 aromatic carbocycles. The van der Waals surface area contributed by atoms with Crippen LogP contribution in [-0.2, 0) is 0 Å². The van der Waals surface area contributed by atoms with E-state index in [-0.39, 0.29) is 6.04 Å². The van der Waals surface area contributed by atoms with Crippen LogP contribution in [0.2, 0.25) is 5.28 Å². The van der Waals surface area contributed by atoms with E-state index >= 15 is 0 Å². The lowest BCUT2D eigenvalue weighted by atomic mass is 10.4. The summed E-state index contributed by atoms with van der Waals surface area (Å²) >= 11 is 5.95. The molecular formula is C8H9ClN4. The number of hydrogen-bond acceptors (Lipinski definition) is 3. The summed E-state index contributed by atoms with van der Waals surface area (Å²) in [7, 11) is 0. The molecule has 0 unspecified atom stereocenters. The average Bonchev–Trinajstić information content (AvgIpc) is 2.39. The van der Waals surface area contributed by atoms with Gasteiger partial charge in [-0.25, -0.2) is 15.0 Å². The number of imidazole rings is 1. The SMILES string of the molecule is CC(C)n1c(Cl)nc2cncnc21. The molecule has 0 spiro atoms. The second-order valence-electron chi connectivity index (χ2n) is 3.08. The van der Waals surface area contributed by atoms with Crippen LogP contribution in [0.25, 0.3) is 11.2 Å². The van der Waals surface area contributed by atoms with Crippen molar-refractivity contribution in [1.82, 2.24) is 19.5 Å². The number of rotatable bonds is 1. The Bertz CT molecular complexity index is 435. The van der Waals surface area contributed by atoms with Crippen molar-refractivity contribution < 1.29 is 0 Å². The van der Waals surface area contributed by atoms with Crippen LogP contribution in [0.5, 0.6) is 0 Å². The summed E-state index contributed by atoms with van der Waals surface area (Å²) in [5, 5.41) is 0.463. The Hall–Kier alpha value is -1.16. The Morgan fingerprint density at radius 1 is 1.46 bits per heavy atom. The molecule has 0 saturated carbocycles. The third kappa shape index (κ3) is 1.27. The van der Waals surface area contributed by atoms with Crippen molar-refractivity contribution in [2.75, 3.05) is 0 Å². The van der Waals surface area contributed by atoms with Gasteiger partial charge < -0.3 is 0 Å². The Morgan fingerprint density at radius 2 is 2.23 bits per heavy atom. The molecule has 5 heteroatoms. The molecule has 2 aromatic rings. The first-order chi connectivity index (χ1) is 6.20. The van der Waals surface area contributed by atoms with Crippen LogP contribution in [0.3, 0.4) is 0 Å². The normalized spacial score (nSPS) is 11.4. The van der Waals surface area contributed by atoms with E-state index in [4.69, 9.17) is 11.6 Å². The summed E-state index contributed by atoms with van der Waals surface area (Å²) in [5.41, 5.74) is 1.52. The van der Waals surface area contributed by atoms with Gasteiger partial charge in [-0.05, 0) is 25.4 Å². The van der Waals surface area contributed by atoms with Crippen LogP contribution in [0.15, 0.2) is 12.5 Å². The highest BCUT2D eigenvalue weighted by Crippen LogP contribution is 2.21.